The van der Waals surface area contributed by atoms with Gasteiger partial charge in [-0.3, -0.25) is 9.55 Å². The molecule has 1 aliphatic carbocycles. The van der Waals surface area contributed by atoms with E-state index in [0.29, 0.717) is 0 Å². The summed E-state index contributed by atoms with van der Waals surface area (Å²) in [7, 11) is 0. The van der Waals surface area contributed by atoms with Crippen LogP contribution in [0.4, 0.5) is 4.79 Å². The molecule has 168 valence electrons. The maximum Gasteiger partial charge on any atom is 0.408 e. The minimum absolute atomic E-state index is 0.371. The van der Waals surface area contributed by atoms with Crippen LogP contribution in [-0.4, -0.2) is 26.2 Å². The van der Waals surface area contributed by atoms with Gasteiger partial charge in [-0.05, 0) is 69.4 Å². The fraction of sp³-hybridized carbons (Fsp3) is 0.296. The van der Waals surface area contributed by atoms with Gasteiger partial charge in [0.05, 0.1) is 11.2 Å². The zero-order chi connectivity index (χ0) is 23.1. The lowest BCUT2D eigenvalue weighted by Gasteiger charge is -2.43. The van der Waals surface area contributed by atoms with Crippen molar-refractivity contribution >= 4 is 17.3 Å². The van der Waals surface area contributed by atoms with Crippen molar-refractivity contribution in [3.05, 3.63) is 78.6 Å². The Morgan fingerprint density at radius 3 is 2.33 bits per heavy atom. The van der Waals surface area contributed by atoms with Gasteiger partial charge in [0.1, 0.15) is 11.1 Å². The molecule has 0 aliphatic heterocycles. The number of amides is 1. The molecule has 2 heterocycles. The summed E-state index contributed by atoms with van der Waals surface area (Å²) in [6, 6.07) is 20.7. The minimum atomic E-state index is -0.525. The number of rotatable bonds is 4. The molecule has 6 heteroatoms. The van der Waals surface area contributed by atoms with Crippen LogP contribution < -0.4 is 5.32 Å². The van der Waals surface area contributed by atoms with E-state index in [0.717, 1.165) is 52.9 Å². The Kier molecular flexibility index (Phi) is 5.16. The number of alkyl carbamates (subject to hydrolysis) is 1. The summed E-state index contributed by atoms with van der Waals surface area (Å²) in [5, 5.41) is 3.13. The molecule has 2 aromatic heterocycles. The van der Waals surface area contributed by atoms with E-state index in [1.807, 2.05) is 39.0 Å². The van der Waals surface area contributed by atoms with Crippen LogP contribution in [0.3, 0.4) is 0 Å². The zero-order valence-corrected chi connectivity index (χ0v) is 19.2. The van der Waals surface area contributed by atoms with Crippen molar-refractivity contribution in [3.8, 4) is 16.9 Å². The summed E-state index contributed by atoms with van der Waals surface area (Å²) < 4.78 is 7.65. The van der Waals surface area contributed by atoms with Crippen molar-refractivity contribution in [1.82, 2.24) is 19.9 Å². The van der Waals surface area contributed by atoms with E-state index in [9.17, 15) is 4.79 Å². The van der Waals surface area contributed by atoms with Gasteiger partial charge in [-0.2, -0.15) is 0 Å². The molecule has 0 atom stereocenters. The Bertz CT molecular complexity index is 1280. The fourth-order valence-electron chi connectivity index (χ4n) is 4.45. The number of ether oxygens (including phenoxy) is 1. The second kappa shape index (κ2) is 8.03. The standard InChI is InChI=1S/C27H28N4O2/c1-26(2,3)33-25(32)30-27(14-7-15-27)20-10-12-21(13-11-20)31-23(19-8-5-4-6-9-19)18-22-24(31)29-17-16-28-22/h4-6,8-13,16-18H,7,14-15H2,1-3H3,(H,30,32). The summed E-state index contributed by atoms with van der Waals surface area (Å²) in [5.74, 6) is 0. The molecule has 5 rings (SSSR count). The highest BCUT2D eigenvalue weighted by atomic mass is 16.6. The van der Waals surface area contributed by atoms with Crippen LogP contribution in [-0.2, 0) is 10.3 Å². The SMILES string of the molecule is CC(C)(C)OC(=O)NC1(c2ccc(-n3c(-c4ccccc4)cc4nccnc43)cc2)CCC1. The first-order valence-corrected chi connectivity index (χ1v) is 11.3. The van der Waals surface area contributed by atoms with E-state index in [2.05, 4.69) is 62.3 Å². The lowest BCUT2D eigenvalue weighted by Crippen LogP contribution is -2.52. The van der Waals surface area contributed by atoms with Gasteiger partial charge in [0.2, 0.25) is 0 Å². The van der Waals surface area contributed by atoms with Crippen molar-refractivity contribution in [2.75, 3.05) is 0 Å². The van der Waals surface area contributed by atoms with E-state index in [1.165, 1.54) is 0 Å². The third-order valence-electron chi connectivity index (χ3n) is 6.13. The van der Waals surface area contributed by atoms with Gasteiger partial charge in [0.25, 0.3) is 0 Å². The van der Waals surface area contributed by atoms with Crippen molar-refractivity contribution in [1.29, 1.82) is 0 Å². The van der Waals surface area contributed by atoms with Crippen LogP contribution in [0.1, 0.15) is 45.6 Å². The summed E-state index contributed by atoms with van der Waals surface area (Å²) in [5.41, 5.74) is 4.99. The molecule has 1 fully saturated rings. The average molecular weight is 441 g/mol. The van der Waals surface area contributed by atoms with Crippen LogP contribution >= 0.6 is 0 Å². The third kappa shape index (κ3) is 4.09. The van der Waals surface area contributed by atoms with Crippen LogP contribution in [0.25, 0.3) is 28.1 Å². The van der Waals surface area contributed by atoms with Gasteiger partial charge in [0, 0.05) is 18.1 Å². The highest BCUT2D eigenvalue weighted by Crippen LogP contribution is 2.42. The number of aromatic nitrogens is 3. The number of carbonyl (C=O) groups excluding carboxylic acids is 1. The maximum absolute atomic E-state index is 12.5. The smallest absolute Gasteiger partial charge is 0.408 e. The predicted octanol–water partition coefficient (Wildman–Crippen LogP) is 5.99. The normalized spacial score (nSPS) is 15.1. The Morgan fingerprint density at radius 2 is 1.70 bits per heavy atom. The van der Waals surface area contributed by atoms with Crippen LogP contribution in [0.2, 0.25) is 0 Å². The number of hydrogen-bond acceptors (Lipinski definition) is 4. The molecule has 0 radical (unpaired) electrons. The lowest BCUT2D eigenvalue weighted by molar-refractivity contribution is 0.0377. The first-order valence-electron chi connectivity index (χ1n) is 11.3. The first kappa shape index (κ1) is 21.2. The van der Waals surface area contributed by atoms with E-state index in [-0.39, 0.29) is 11.6 Å². The number of benzene rings is 2. The molecular weight excluding hydrogens is 412 g/mol. The molecule has 0 saturated heterocycles. The van der Waals surface area contributed by atoms with Crippen LogP contribution in [0, 0.1) is 0 Å². The predicted molar refractivity (Wildman–Crippen MR) is 129 cm³/mol. The molecule has 1 N–H and O–H groups in total. The first-order chi connectivity index (χ1) is 15.8. The van der Waals surface area contributed by atoms with E-state index >= 15 is 0 Å². The molecule has 1 aliphatic rings. The monoisotopic (exact) mass is 440 g/mol. The highest BCUT2D eigenvalue weighted by molar-refractivity contribution is 5.83. The highest BCUT2D eigenvalue weighted by Gasteiger charge is 2.41. The molecule has 33 heavy (non-hydrogen) atoms. The molecule has 1 amide bonds. The Morgan fingerprint density at radius 1 is 1.00 bits per heavy atom. The van der Waals surface area contributed by atoms with E-state index in [1.54, 1.807) is 12.4 Å². The number of fused-ring (bicyclic) bond motifs is 1. The number of nitrogens with zero attached hydrogens (tertiary/aromatic N) is 3. The topological polar surface area (TPSA) is 69.0 Å². The van der Waals surface area contributed by atoms with Crippen molar-refractivity contribution in [3.63, 3.8) is 0 Å². The minimum Gasteiger partial charge on any atom is -0.444 e. The van der Waals surface area contributed by atoms with Gasteiger partial charge >= 0.3 is 6.09 Å². The lowest BCUT2D eigenvalue weighted by atomic mass is 9.72. The van der Waals surface area contributed by atoms with Crippen LogP contribution in [0.5, 0.6) is 0 Å². The van der Waals surface area contributed by atoms with Crippen LogP contribution in [0.15, 0.2) is 73.1 Å². The van der Waals surface area contributed by atoms with Gasteiger partial charge in [-0.25, -0.2) is 9.78 Å². The van der Waals surface area contributed by atoms with Crippen molar-refractivity contribution in [2.45, 2.75) is 51.2 Å². The van der Waals surface area contributed by atoms with Crippen molar-refractivity contribution in [2.24, 2.45) is 0 Å². The van der Waals surface area contributed by atoms with Gasteiger partial charge < -0.3 is 10.1 Å². The Labute approximate surface area is 193 Å². The second-order valence-electron chi connectivity index (χ2n) is 9.61. The maximum atomic E-state index is 12.5. The molecule has 4 aromatic rings. The third-order valence-corrected chi connectivity index (χ3v) is 6.13. The van der Waals surface area contributed by atoms with Crippen molar-refractivity contribution < 1.29 is 9.53 Å². The molecular formula is C27H28N4O2. The molecule has 1 saturated carbocycles. The van der Waals surface area contributed by atoms with E-state index < -0.39 is 5.60 Å². The quantitative estimate of drug-likeness (QED) is 0.423. The zero-order valence-electron chi connectivity index (χ0n) is 19.2. The number of hydrogen-bond donors (Lipinski definition) is 1. The van der Waals surface area contributed by atoms with Gasteiger partial charge in [0.15, 0.2) is 5.65 Å². The summed E-state index contributed by atoms with van der Waals surface area (Å²) in [6.45, 7) is 5.64. The number of carbonyl (C=O) groups is 1. The number of nitrogens with one attached hydrogen (secondary N) is 1. The fourth-order valence-corrected chi connectivity index (χ4v) is 4.45. The Hall–Kier alpha value is -3.67. The molecule has 0 bridgehead atoms. The van der Waals surface area contributed by atoms with E-state index in [4.69, 9.17) is 4.74 Å². The summed E-state index contributed by atoms with van der Waals surface area (Å²) in [4.78, 5) is 21.6. The second-order valence-corrected chi connectivity index (χ2v) is 9.61. The molecule has 6 nitrogen and oxygen atoms in total. The van der Waals surface area contributed by atoms with Gasteiger partial charge in [-0.1, -0.05) is 42.5 Å². The largest absolute Gasteiger partial charge is 0.444 e. The molecule has 0 unspecified atom stereocenters. The molecule has 2 aromatic carbocycles. The Balaban J connectivity index is 1.51. The summed E-state index contributed by atoms with van der Waals surface area (Å²) in [6.07, 6.45) is 5.94. The van der Waals surface area contributed by atoms with Gasteiger partial charge in [-0.15, -0.1) is 0 Å². The molecule has 0 spiro atoms. The average Bonchev–Trinajstić information content (AvgIpc) is 3.15. The summed E-state index contributed by atoms with van der Waals surface area (Å²) >= 11 is 0.